The van der Waals surface area contributed by atoms with Crippen LogP contribution in [0.25, 0.3) is 0 Å². The lowest BCUT2D eigenvalue weighted by Crippen LogP contribution is -2.39. The molecule has 0 aliphatic carbocycles. The third-order valence-corrected chi connectivity index (χ3v) is 5.42. The van der Waals surface area contributed by atoms with Crippen LogP contribution in [0, 0.1) is 5.92 Å². The number of primary amides is 1. The summed E-state index contributed by atoms with van der Waals surface area (Å²) in [5.74, 6) is 1.24. The minimum absolute atomic E-state index is 0. The number of guanidine groups is 1. The van der Waals surface area contributed by atoms with E-state index in [2.05, 4.69) is 53.6 Å². The lowest BCUT2D eigenvalue weighted by molar-refractivity contribution is -0.123. The second kappa shape index (κ2) is 14.6. The Morgan fingerprint density at radius 3 is 2.52 bits per heavy atom. The van der Waals surface area contributed by atoms with Gasteiger partial charge < -0.3 is 21.3 Å². The third kappa shape index (κ3) is 9.80. The fraction of sp³-hybridized carbons (Fsp3) is 0.636. The molecule has 1 amide bonds. The molecule has 0 spiro atoms. The van der Waals surface area contributed by atoms with Crippen molar-refractivity contribution in [3.8, 4) is 0 Å². The number of unbranched alkanes of at least 4 members (excludes halogenated alkanes) is 1. The van der Waals surface area contributed by atoms with Crippen molar-refractivity contribution in [2.24, 2.45) is 16.6 Å². The summed E-state index contributed by atoms with van der Waals surface area (Å²) in [4.78, 5) is 18.4. The van der Waals surface area contributed by atoms with Gasteiger partial charge in [0, 0.05) is 31.5 Å². The van der Waals surface area contributed by atoms with Crippen molar-refractivity contribution >= 4 is 35.8 Å². The van der Waals surface area contributed by atoms with E-state index in [0.29, 0.717) is 5.92 Å². The monoisotopic (exact) mass is 515 g/mol. The number of nitrogens with one attached hydrogen (secondary N) is 2. The van der Waals surface area contributed by atoms with Gasteiger partial charge in [-0.1, -0.05) is 37.3 Å². The molecule has 1 aromatic carbocycles. The zero-order valence-corrected chi connectivity index (χ0v) is 20.2. The quantitative estimate of drug-likeness (QED) is 0.194. The first kappa shape index (κ1) is 25.7. The highest BCUT2D eigenvalue weighted by molar-refractivity contribution is 14.0. The van der Waals surface area contributed by atoms with Gasteiger partial charge in [-0.3, -0.25) is 9.79 Å². The fourth-order valence-corrected chi connectivity index (χ4v) is 3.57. The Labute approximate surface area is 193 Å². The van der Waals surface area contributed by atoms with Crippen LogP contribution in [-0.2, 0) is 4.79 Å². The molecule has 0 bridgehead atoms. The van der Waals surface area contributed by atoms with Crippen molar-refractivity contribution in [2.45, 2.75) is 45.4 Å². The molecule has 164 valence electrons. The Kier molecular flexibility index (Phi) is 12.9. The number of amides is 1. The molecule has 1 saturated heterocycles. The number of piperidine rings is 1. The molecular formula is C22H38IN5O. The minimum atomic E-state index is -0.138. The first-order chi connectivity index (χ1) is 13.6. The number of carbonyl (C=O) groups is 1. The van der Waals surface area contributed by atoms with Crippen LogP contribution in [0.2, 0.25) is 0 Å². The zero-order chi connectivity index (χ0) is 20.2. The van der Waals surface area contributed by atoms with Gasteiger partial charge in [0.05, 0.1) is 0 Å². The van der Waals surface area contributed by atoms with E-state index >= 15 is 0 Å². The van der Waals surface area contributed by atoms with Crippen molar-refractivity contribution in [1.82, 2.24) is 15.5 Å². The summed E-state index contributed by atoms with van der Waals surface area (Å²) < 4.78 is 0. The summed E-state index contributed by atoms with van der Waals surface area (Å²) in [6, 6.07) is 10.5. The number of nitrogens with zero attached hydrogens (tertiary/aromatic N) is 2. The molecule has 29 heavy (non-hydrogen) atoms. The maximum absolute atomic E-state index is 11.2. The number of hydrogen-bond acceptors (Lipinski definition) is 3. The van der Waals surface area contributed by atoms with Gasteiger partial charge in [-0.2, -0.15) is 0 Å². The molecule has 7 heteroatoms. The first-order valence-corrected chi connectivity index (χ1v) is 10.7. The van der Waals surface area contributed by atoms with Crippen molar-refractivity contribution in [1.29, 1.82) is 0 Å². The van der Waals surface area contributed by atoms with Crippen molar-refractivity contribution in [2.75, 3.05) is 39.3 Å². The van der Waals surface area contributed by atoms with E-state index in [0.717, 1.165) is 70.9 Å². The van der Waals surface area contributed by atoms with E-state index in [1.54, 1.807) is 0 Å². The molecule has 0 aromatic heterocycles. The molecule has 1 fully saturated rings. The smallest absolute Gasteiger partial charge is 0.220 e. The molecule has 0 saturated carbocycles. The second-order valence-electron chi connectivity index (χ2n) is 7.68. The maximum Gasteiger partial charge on any atom is 0.220 e. The number of rotatable bonds is 10. The van der Waals surface area contributed by atoms with Crippen LogP contribution >= 0.6 is 24.0 Å². The van der Waals surface area contributed by atoms with E-state index < -0.39 is 0 Å². The van der Waals surface area contributed by atoms with Gasteiger partial charge in [0.25, 0.3) is 0 Å². The Morgan fingerprint density at radius 2 is 1.90 bits per heavy atom. The molecule has 4 N–H and O–H groups in total. The van der Waals surface area contributed by atoms with Crippen LogP contribution in [0.3, 0.4) is 0 Å². The topological polar surface area (TPSA) is 82.8 Å². The molecule has 1 unspecified atom stereocenters. The predicted octanol–water partition coefficient (Wildman–Crippen LogP) is 2.94. The van der Waals surface area contributed by atoms with E-state index in [9.17, 15) is 4.79 Å². The van der Waals surface area contributed by atoms with Gasteiger partial charge in [-0.25, -0.2) is 0 Å². The van der Waals surface area contributed by atoms with Crippen LogP contribution in [0.1, 0.15) is 51.0 Å². The molecule has 1 atom stereocenters. The Morgan fingerprint density at radius 1 is 1.21 bits per heavy atom. The van der Waals surface area contributed by atoms with Crippen LogP contribution in [0.5, 0.6) is 0 Å². The van der Waals surface area contributed by atoms with Crippen LogP contribution in [-0.4, -0.2) is 56.0 Å². The highest BCUT2D eigenvalue weighted by atomic mass is 127. The molecule has 1 aromatic rings. The first-order valence-electron chi connectivity index (χ1n) is 10.7. The maximum atomic E-state index is 11.2. The average molecular weight is 515 g/mol. The summed E-state index contributed by atoms with van der Waals surface area (Å²) in [7, 11) is 0. The number of aliphatic imine (C=N–C) groups is 1. The zero-order valence-electron chi connectivity index (χ0n) is 17.9. The van der Waals surface area contributed by atoms with E-state index in [-0.39, 0.29) is 35.8 Å². The van der Waals surface area contributed by atoms with Gasteiger partial charge in [0.1, 0.15) is 0 Å². The molecule has 1 aliphatic heterocycles. The molecular weight excluding hydrogens is 477 g/mol. The SMILES string of the molecule is CCNC(=NCC(C)c1ccccc1)NCCCCN1CCC(C(N)=O)CC1.I. The molecule has 1 heterocycles. The summed E-state index contributed by atoms with van der Waals surface area (Å²) in [6.45, 7) is 9.92. The lowest BCUT2D eigenvalue weighted by Gasteiger charge is -2.30. The van der Waals surface area contributed by atoms with Gasteiger partial charge in [-0.15, -0.1) is 24.0 Å². The summed E-state index contributed by atoms with van der Waals surface area (Å²) in [6.07, 6.45) is 4.07. The van der Waals surface area contributed by atoms with Crippen molar-refractivity contribution < 1.29 is 4.79 Å². The normalized spacial score (nSPS) is 16.7. The highest BCUT2D eigenvalue weighted by Gasteiger charge is 2.22. The molecule has 2 rings (SSSR count). The predicted molar refractivity (Wildman–Crippen MR) is 132 cm³/mol. The largest absolute Gasteiger partial charge is 0.369 e. The summed E-state index contributed by atoms with van der Waals surface area (Å²) >= 11 is 0. The van der Waals surface area contributed by atoms with Crippen LogP contribution in [0.15, 0.2) is 35.3 Å². The van der Waals surface area contributed by atoms with Gasteiger partial charge in [0.15, 0.2) is 5.96 Å². The number of benzene rings is 1. The standard InChI is InChI=1S/C22H37N5O.HI/c1-3-24-22(26-17-18(2)19-9-5-4-6-10-19)25-13-7-8-14-27-15-11-20(12-16-27)21(23)28;/h4-6,9-10,18,20H,3,7-8,11-17H2,1-2H3,(H2,23,28)(H2,24,25,26);1H. The Balaban J connectivity index is 0.00000420. The number of halogens is 1. The lowest BCUT2D eigenvalue weighted by atomic mass is 9.96. The molecule has 6 nitrogen and oxygen atoms in total. The van der Waals surface area contributed by atoms with E-state index in [1.165, 1.54) is 5.56 Å². The van der Waals surface area contributed by atoms with Gasteiger partial charge in [-0.05, 0) is 57.8 Å². The minimum Gasteiger partial charge on any atom is -0.369 e. The highest BCUT2D eigenvalue weighted by Crippen LogP contribution is 2.17. The average Bonchev–Trinajstić information content (AvgIpc) is 2.72. The molecule has 0 radical (unpaired) electrons. The fourth-order valence-electron chi connectivity index (χ4n) is 3.57. The summed E-state index contributed by atoms with van der Waals surface area (Å²) in [5.41, 5.74) is 6.72. The Bertz CT molecular complexity index is 602. The van der Waals surface area contributed by atoms with Crippen molar-refractivity contribution in [3.63, 3.8) is 0 Å². The second-order valence-corrected chi connectivity index (χ2v) is 7.68. The number of nitrogens with two attached hydrogens (primary N) is 1. The number of hydrogen-bond donors (Lipinski definition) is 3. The van der Waals surface area contributed by atoms with Crippen LogP contribution in [0.4, 0.5) is 0 Å². The van der Waals surface area contributed by atoms with E-state index in [4.69, 9.17) is 10.7 Å². The number of likely N-dealkylation sites (tertiary alicyclic amines) is 1. The van der Waals surface area contributed by atoms with Gasteiger partial charge >= 0.3 is 0 Å². The summed E-state index contributed by atoms with van der Waals surface area (Å²) in [5, 5.41) is 6.78. The molecule has 1 aliphatic rings. The number of carbonyl (C=O) groups excluding carboxylic acids is 1. The third-order valence-electron chi connectivity index (χ3n) is 5.42. The Hall–Kier alpha value is -1.35. The van der Waals surface area contributed by atoms with Gasteiger partial charge in [0.2, 0.25) is 5.91 Å². The van der Waals surface area contributed by atoms with E-state index in [1.807, 2.05) is 6.07 Å². The van der Waals surface area contributed by atoms with Crippen molar-refractivity contribution in [3.05, 3.63) is 35.9 Å². The van der Waals surface area contributed by atoms with Crippen LogP contribution < -0.4 is 16.4 Å².